The molecular weight excluding hydrogens is 216 g/mol. The summed E-state index contributed by atoms with van der Waals surface area (Å²) in [5, 5.41) is 2.80. The van der Waals surface area contributed by atoms with Gasteiger partial charge in [-0.1, -0.05) is 12.1 Å². The molecule has 0 aromatic heterocycles. The normalized spacial score (nSPS) is 11.1. The Morgan fingerprint density at radius 3 is 2.41 bits per heavy atom. The van der Waals surface area contributed by atoms with Crippen molar-refractivity contribution in [3.8, 4) is 5.75 Å². The first-order chi connectivity index (χ1) is 8.02. The predicted octanol–water partition coefficient (Wildman–Crippen LogP) is 1.05. The zero-order chi connectivity index (χ0) is 12.9. The lowest BCUT2D eigenvalue weighted by Gasteiger charge is -2.24. The number of ether oxygens (including phenoxy) is 1. The third kappa shape index (κ3) is 3.20. The quantitative estimate of drug-likeness (QED) is 0.803. The van der Waals surface area contributed by atoms with Gasteiger partial charge in [0.15, 0.2) is 0 Å². The minimum absolute atomic E-state index is 0.0203. The highest BCUT2D eigenvalue weighted by Crippen LogP contribution is 2.25. The Balaban J connectivity index is 2.83. The number of amides is 1. The Morgan fingerprint density at radius 2 is 1.94 bits per heavy atom. The molecule has 0 spiro atoms. The first-order valence-corrected chi connectivity index (χ1v) is 5.65. The van der Waals surface area contributed by atoms with E-state index in [0.29, 0.717) is 13.1 Å². The van der Waals surface area contributed by atoms with E-state index in [0.717, 1.165) is 11.3 Å². The Hall–Kier alpha value is -1.55. The molecule has 4 nitrogen and oxygen atoms in total. The molecule has 0 aliphatic carbocycles. The van der Waals surface area contributed by atoms with Crippen molar-refractivity contribution >= 4 is 5.91 Å². The van der Waals surface area contributed by atoms with E-state index in [1.807, 2.05) is 38.1 Å². The van der Waals surface area contributed by atoms with Crippen molar-refractivity contribution in [2.75, 3.05) is 20.2 Å². The van der Waals surface area contributed by atoms with E-state index in [-0.39, 0.29) is 5.91 Å². The molecule has 0 heterocycles. The minimum atomic E-state index is -0.568. The average Bonchev–Trinajstić information content (AvgIpc) is 2.35. The van der Waals surface area contributed by atoms with Crippen molar-refractivity contribution in [3.63, 3.8) is 0 Å². The molecule has 0 atom stereocenters. The fraction of sp³-hybridized carbons (Fsp3) is 0.462. The number of hydrogen-bond donors (Lipinski definition) is 2. The Labute approximate surface area is 102 Å². The smallest absolute Gasteiger partial charge is 0.230 e. The summed E-state index contributed by atoms with van der Waals surface area (Å²) in [4.78, 5) is 12.0. The number of hydrogen-bond acceptors (Lipinski definition) is 3. The van der Waals surface area contributed by atoms with Crippen molar-refractivity contribution in [1.29, 1.82) is 0 Å². The highest BCUT2D eigenvalue weighted by Gasteiger charge is 2.29. The number of nitrogens with one attached hydrogen (secondary N) is 1. The Bertz CT molecular complexity index is 372. The zero-order valence-electron chi connectivity index (χ0n) is 10.6. The van der Waals surface area contributed by atoms with Crippen molar-refractivity contribution in [1.82, 2.24) is 5.32 Å². The molecule has 17 heavy (non-hydrogen) atoms. The van der Waals surface area contributed by atoms with Crippen LogP contribution in [0.25, 0.3) is 0 Å². The standard InChI is InChI=1S/C13H20N2O2/c1-13(2,12(16)15-9-8-14)10-4-6-11(17-3)7-5-10/h4-7H,8-9,14H2,1-3H3,(H,15,16). The fourth-order valence-corrected chi connectivity index (χ4v) is 1.55. The van der Waals surface area contributed by atoms with Crippen LogP contribution in [0, 0.1) is 0 Å². The summed E-state index contributed by atoms with van der Waals surface area (Å²) in [7, 11) is 1.62. The third-order valence-electron chi connectivity index (χ3n) is 2.81. The van der Waals surface area contributed by atoms with E-state index in [1.54, 1.807) is 7.11 Å². The summed E-state index contributed by atoms with van der Waals surface area (Å²) in [5.41, 5.74) is 5.75. The van der Waals surface area contributed by atoms with E-state index in [1.165, 1.54) is 0 Å². The second-order valence-corrected chi connectivity index (χ2v) is 4.40. The first-order valence-electron chi connectivity index (χ1n) is 5.65. The third-order valence-corrected chi connectivity index (χ3v) is 2.81. The van der Waals surface area contributed by atoms with E-state index in [4.69, 9.17) is 10.5 Å². The van der Waals surface area contributed by atoms with E-state index in [9.17, 15) is 4.79 Å². The van der Waals surface area contributed by atoms with Gasteiger partial charge in [-0.2, -0.15) is 0 Å². The maximum absolute atomic E-state index is 12.0. The van der Waals surface area contributed by atoms with Crippen LogP contribution in [0.2, 0.25) is 0 Å². The van der Waals surface area contributed by atoms with Gasteiger partial charge in [0.1, 0.15) is 5.75 Å². The summed E-state index contributed by atoms with van der Waals surface area (Å²) < 4.78 is 5.09. The summed E-state index contributed by atoms with van der Waals surface area (Å²) in [6.45, 7) is 4.73. The van der Waals surface area contributed by atoms with Gasteiger partial charge in [-0.05, 0) is 31.5 Å². The molecule has 1 aromatic carbocycles. The van der Waals surface area contributed by atoms with Gasteiger partial charge in [-0.15, -0.1) is 0 Å². The number of carbonyl (C=O) groups excluding carboxylic acids is 1. The lowest BCUT2D eigenvalue weighted by Crippen LogP contribution is -2.42. The largest absolute Gasteiger partial charge is 0.497 e. The maximum atomic E-state index is 12.0. The van der Waals surface area contributed by atoms with Gasteiger partial charge in [-0.25, -0.2) is 0 Å². The van der Waals surface area contributed by atoms with Crippen molar-refractivity contribution in [2.45, 2.75) is 19.3 Å². The summed E-state index contributed by atoms with van der Waals surface area (Å²) in [6.07, 6.45) is 0. The van der Waals surface area contributed by atoms with E-state index in [2.05, 4.69) is 5.32 Å². The molecule has 0 aliphatic rings. The van der Waals surface area contributed by atoms with Crippen LogP contribution in [0.1, 0.15) is 19.4 Å². The van der Waals surface area contributed by atoms with Crippen LogP contribution >= 0.6 is 0 Å². The van der Waals surface area contributed by atoms with Gasteiger partial charge in [0.25, 0.3) is 0 Å². The molecule has 0 saturated heterocycles. The first kappa shape index (κ1) is 13.5. The number of benzene rings is 1. The molecule has 1 amide bonds. The SMILES string of the molecule is COc1ccc(C(C)(C)C(=O)NCCN)cc1. The second-order valence-electron chi connectivity index (χ2n) is 4.40. The monoisotopic (exact) mass is 236 g/mol. The molecule has 0 aliphatic heterocycles. The van der Waals surface area contributed by atoms with Crippen LogP contribution in [0.5, 0.6) is 5.75 Å². The molecule has 1 aromatic rings. The van der Waals surface area contributed by atoms with Gasteiger partial charge >= 0.3 is 0 Å². The van der Waals surface area contributed by atoms with E-state index < -0.39 is 5.41 Å². The van der Waals surface area contributed by atoms with E-state index >= 15 is 0 Å². The molecule has 0 saturated carbocycles. The van der Waals surface area contributed by atoms with Crippen LogP contribution in [0.4, 0.5) is 0 Å². The van der Waals surface area contributed by atoms with Crippen LogP contribution in [0.15, 0.2) is 24.3 Å². The van der Waals surface area contributed by atoms with Crippen LogP contribution in [0.3, 0.4) is 0 Å². The summed E-state index contributed by atoms with van der Waals surface area (Å²) >= 11 is 0. The fourth-order valence-electron chi connectivity index (χ4n) is 1.55. The van der Waals surface area contributed by atoms with Crippen LogP contribution in [-0.4, -0.2) is 26.1 Å². The van der Waals surface area contributed by atoms with Crippen molar-refractivity contribution in [2.24, 2.45) is 5.73 Å². The van der Waals surface area contributed by atoms with Gasteiger partial charge in [0.05, 0.1) is 12.5 Å². The van der Waals surface area contributed by atoms with Gasteiger partial charge in [0, 0.05) is 13.1 Å². The molecule has 94 valence electrons. The van der Waals surface area contributed by atoms with Crippen molar-refractivity contribution in [3.05, 3.63) is 29.8 Å². The van der Waals surface area contributed by atoms with Crippen molar-refractivity contribution < 1.29 is 9.53 Å². The topological polar surface area (TPSA) is 64.3 Å². The zero-order valence-corrected chi connectivity index (χ0v) is 10.6. The van der Waals surface area contributed by atoms with Gasteiger partial charge in [0.2, 0.25) is 5.91 Å². The molecule has 0 bridgehead atoms. The highest BCUT2D eigenvalue weighted by atomic mass is 16.5. The minimum Gasteiger partial charge on any atom is -0.497 e. The van der Waals surface area contributed by atoms with Crippen LogP contribution in [-0.2, 0) is 10.2 Å². The lowest BCUT2D eigenvalue weighted by atomic mass is 9.83. The molecule has 3 N–H and O–H groups in total. The average molecular weight is 236 g/mol. The summed E-state index contributed by atoms with van der Waals surface area (Å²) in [5.74, 6) is 0.764. The molecule has 0 radical (unpaired) electrons. The van der Waals surface area contributed by atoms with Gasteiger partial charge in [-0.3, -0.25) is 4.79 Å². The highest BCUT2D eigenvalue weighted by molar-refractivity contribution is 5.87. The number of rotatable bonds is 5. The summed E-state index contributed by atoms with van der Waals surface area (Å²) in [6, 6.07) is 7.52. The molecule has 4 heteroatoms. The molecule has 0 unspecified atom stereocenters. The lowest BCUT2D eigenvalue weighted by molar-refractivity contribution is -0.125. The number of carbonyl (C=O) groups is 1. The van der Waals surface area contributed by atoms with Crippen LogP contribution < -0.4 is 15.8 Å². The number of nitrogens with two attached hydrogens (primary N) is 1. The molecule has 1 rings (SSSR count). The maximum Gasteiger partial charge on any atom is 0.230 e. The molecule has 0 fully saturated rings. The second kappa shape index (κ2) is 5.68. The Morgan fingerprint density at radius 1 is 1.35 bits per heavy atom. The molecular formula is C13H20N2O2. The number of methoxy groups -OCH3 is 1. The Kier molecular flexibility index (Phi) is 4.52. The van der Waals surface area contributed by atoms with Gasteiger partial charge < -0.3 is 15.8 Å². The predicted molar refractivity (Wildman–Crippen MR) is 68.1 cm³/mol.